The van der Waals surface area contributed by atoms with E-state index in [0.29, 0.717) is 6.61 Å². The topological polar surface area (TPSA) is 43.4 Å². The van der Waals surface area contributed by atoms with E-state index in [9.17, 15) is 9.59 Å². The second-order valence-electron chi connectivity index (χ2n) is 12.2. The van der Waals surface area contributed by atoms with E-state index in [4.69, 9.17) is 4.74 Å². The Balaban J connectivity index is 1.28. The lowest BCUT2D eigenvalue weighted by molar-refractivity contribution is 0.100. The summed E-state index contributed by atoms with van der Waals surface area (Å²) in [5.74, 6) is 1.06. The van der Waals surface area contributed by atoms with Crippen LogP contribution in [0.1, 0.15) is 56.8 Å². The number of benzene rings is 6. The van der Waals surface area contributed by atoms with Crippen molar-refractivity contribution in [1.29, 1.82) is 0 Å². The molecule has 0 aliphatic heterocycles. The molecule has 0 amide bonds. The molecule has 0 spiro atoms. The quantitative estimate of drug-likeness (QED) is 0.0877. The van der Waals surface area contributed by atoms with Crippen LogP contribution in [0.3, 0.4) is 0 Å². The Hall–Kier alpha value is -4.75. The highest BCUT2D eigenvalue weighted by molar-refractivity contribution is 7.99. The van der Waals surface area contributed by atoms with Gasteiger partial charge in [0.2, 0.25) is 0 Å². The van der Waals surface area contributed by atoms with Crippen LogP contribution in [0.5, 0.6) is 5.75 Å². The van der Waals surface area contributed by atoms with Crippen molar-refractivity contribution < 1.29 is 14.3 Å². The Morgan fingerprint density at radius 2 is 0.980 bits per heavy atom. The second-order valence-corrected chi connectivity index (χ2v) is 16.6. The summed E-state index contributed by atoms with van der Waals surface area (Å²) in [6.07, 6.45) is 1.85. The first-order chi connectivity index (χ1) is 24.7. The molecule has 0 aromatic heterocycles. The third-order valence-corrected chi connectivity index (χ3v) is 12.6. The highest BCUT2D eigenvalue weighted by Crippen LogP contribution is 2.38. The lowest BCUT2D eigenvalue weighted by atomic mass is 10.1. The lowest BCUT2D eigenvalue weighted by Crippen LogP contribution is -2.07. The highest BCUT2D eigenvalue weighted by atomic mass is 32.2. The molecular formula is C45H39O3S3+. The van der Waals surface area contributed by atoms with Crippen LogP contribution in [0.15, 0.2) is 174 Å². The molecule has 51 heavy (non-hydrogen) atoms. The van der Waals surface area contributed by atoms with Crippen molar-refractivity contribution in [2.45, 2.75) is 68.6 Å². The largest absolute Gasteiger partial charge is 0.488 e. The Kier molecular flexibility index (Phi) is 11.7. The molecule has 0 atom stereocenters. The number of aryl methyl sites for hydroxylation is 2. The molecule has 0 radical (unpaired) electrons. The van der Waals surface area contributed by atoms with Gasteiger partial charge in [-0.3, -0.25) is 9.59 Å². The van der Waals surface area contributed by atoms with Crippen LogP contribution in [-0.2, 0) is 17.5 Å². The molecule has 6 rings (SSSR count). The predicted molar refractivity (Wildman–Crippen MR) is 213 cm³/mol. The van der Waals surface area contributed by atoms with Crippen LogP contribution in [-0.4, -0.2) is 11.6 Å². The Labute approximate surface area is 312 Å². The molecule has 6 aromatic rings. The number of ether oxygens (including phenoxy) is 1. The second kappa shape index (κ2) is 16.5. The first-order valence-corrected chi connectivity index (χ1v) is 19.5. The molecule has 0 saturated heterocycles. The van der Waals surface area contributed by atoms with Gasteiger partial charge < -0.3 is 4.74 Å². The maximum absolute atomic E-state index is 11.7. The van der Waals surface area contributed by atoms with Crippen molar-refractivity contribution in [3.63, 3.8) is 0 Å². The fourth-order valence-corrected chi connectivity index (χ4v) is 9.50. The average molecular weight is 724 g/mol. The molecule has 6 heteroatoms. The molecule has 254 valence electrons. The van der Waals surface area contributed by atoms with Gasteiger partial charge in [0, 0.05) is 42.8 Å². The third kappa shape index (κ3) is 9.14. The highest BCUT2D eigenvalue weighted by Gasteiger charge is 2.30. The molecule has 0 bridgehead atoms. The van der Waals surface area contributed by atoms with Crippen molar-refractivity contribution in [1.82, 2.24) is 0 Å². The zero-order valence-corrected chi connectivity index (χ0v) is 31.6. The first-order valence-electron chi connectivity index (χ1n) is 16.6. The van der Waals surface area contributed by atoms with Gasteiger partial charge in [-0.25, -0.2) is 0 Å². The molecule has 0 saturated carbocycles. The number of hydrogen-bond donors (Lipinski definition) is 0. The van der Waals surface area contributed by atoms with Crippen molar-refractivity contribution >= 4 is 52.1 Å². The smallest absolute Gasteiger partial charge is 0.167 e. The van der Waals surface area contributed by atoms with Gasteiger partial charge in [0.15, 0.2) is 26.3 Å². The van der Waals surface area contributed by atoms with Gasteiger partial charge in [-0.2, -0.15) is 0 Å². The minimum Gasteiger partial charge on any atom is -0.488 e. The third-order valence-electron chi connectivity index (χ3n) is 8.38. The van der Waals surface area contributed by atoms with Crippen LogP contribution in [0.25, 0.3) is 6.08 Å². The number of rotatable bonds is 13. The standard InChI is InChI=1S/C45H39O3S3/c1-6-34-7-9-35(10-8-34)29-48-45-30(2)27-44(28-31(45)3)51(42-23-19-40(20-24-42)49-38-15-11-36(12-16-38)32(4)46)43-25-21-41(22-26-43)50-39-17-13-37(14-18-39)33(5)47/h6-28H,1,29H2,2-5H3/q+1. The van der Waals surface area contributed by atoms with Crippen molar-refractivity contribution in [2.75, 3.05) is 0 Å². The van der Waals surface area contributed by atoms with E-state index in [1.54, 1.807) is 37.4 Å². The van der Waals surface area contributed by atoms with Gasteiger partial charge >= 0.3 is 0 Å². The molecule has 0 N–H and O–H groups in total. The number of ketones is 2. The fraction of sp³-hybridized carbons (Fsp3) is 0.111. The molecule has 0 aliphatic rings. The van der Waals surface area contributed by atoms with Crippen LogP contribution in [0.2, 0.25) is 0 Å². The molecule has 0 heterocycles. The van der Waals surface area contributed by atoms with Gasteiger partial charge in [-0.15, -0.1) is 0 Å². The van der Waals surface area contributed by atoms with Crippen LogP contribution < -0.4 is 4.74 Å². The van der Waals surface area contributed by atoms with Crippen LogP contribution in [0, 0.1) is 13.8 Å². The fourth-order valence-electron chi connectivity index (χ4n) is 5.64. The maximum atomic E-state index is 11.7. The van der Waals surface area contributed by atoms with Gasteiger partial charge in [-0.1, -0.05) is 84.7 Å². The van der Waals surface area contributed by atoms with E-state index in [0.717, 1.165) is 58.7 Å². The van der Waals surface area contributed by atoms with E-state index in [1.807, 2.05) is 54.6 Å². The van der Waals surface area contributed by atoms with Gasteiger partial charge in [0.1, 0.15) is 12.4 Å². The van der Waals surface area contributed by atoms with E-state index in [-0.39, 0.29) is 22.5 Å². The van der Waals surface area contributed by atoms with E-state index < -0.39 is 0 Å². The van der Waals surface area contributed by atoms with Crippen molar-refractivity contribution in [3.05, 3.63) is 173 Å². The van der Waals surface area contributed by atoms with Gasteiger partial charge in [0.05, 0.1) is 10.9 Å². The monoisotopic (exact) mass is 723 g/mol. The Morgan fingerprint density at radius 1 is 0.588 bits per heavy atom. The zero-order chi connectivity index (χ0) is 35.9. The normalized spacial score (nSPS) is 11.0. The number of hydrogen-bond acceptors (Lipinski definition) is 5. The van der Waals surface area contributed by atoms with Gasteiger partial charge in [0.25, 0.3) is 0 Å². The minimum atomic E-state index is -0.372. The molecule has 6 aromatic carbocycles. The summed E-state index contributed by atoms with van der Waals surface area (Å²) in [5, 5.41) is 0. The number of carbonyl (C=O) groups excluding carboxylic acids is 2. The average Bonchev–Trinajstić information content (AvgIpc) is 3.13. The van der Waals surface area contributed by atoms with E-state index in [1.165, 1.54) is 14.7 Å². The van der Waals surface area contributed by atoms with Gasteiger partial charge in [-0.05, 0) is 123 Å². The summed E-state index contributed by atoms with van der Waals surface area (Å²) in [6, 6.07) is 46.0. The van der Waals surface area contributed by atoms with E-state index >= 15 is 0 Å². The van der Waals surface area contributed by atoms with Crippen molar-refractivity contribution in [2.24, 2.45) is 0 Å². The molecular weight excluding hydrogens is 685 g/mol. The SMILES string of the molecule is C=Cc1ccc(COc2c(C)cc([S+](c3ccc(Sc4ccc(C(C)=O)cc4)cc3)c3ccc(Sc4ccc(C(C)=O)cc4)cc3)cc2C)cc1. The first kappa shape index (κ1) is 36.1. The molecule has 0 fully saturated rings. The summed E-state index contributed by atoms with van der Waals surface area (Å²) < 4.78 is 6.39. The molecule has 0 aliphatic carbocycles. The molecule has 3 nitrogen and oxygen atoms in total. The summed E-state index contributed by atoms with van der Waals surface area (Å²) in [4.78, 5) is 31.6. The minimum absolute atomic E-state index is 0.0708. The van der Waals surface area contributed by atoms with Crippen LogP contribution >= 0.6 is 23.5 Å². The Bertz CT molecular complexity index is 2030. The Morgan fingerprint density at radius 3 is 1.35 bits per heavy atom. The summed E-state index contributed by atoms with van der Waals surface area (Å²) in [6.45, 7) is 11.8. The molecule has 0 unspecified atom stereocenters. The number of carbonyl (C=O) groups is 2. The maximum Gasteiger partial charge on any atom is 0.167 e. The summed E-state index contributed by atoms with van der Waals surface area (Å²) in [5.41, 5.74) is 5.85. The summed E-state index contributed by atoms with van der Waals surface area (Å²) >= 11 is 3.37. The lowest BCUT2D eigenvalue weighted by Gasteiger charge is -2.15. The number of Topliss-reactive ketones (excluding diaryl/α,β-unsaturated/α-hetero) is 2. The van der Waals surface area contributed by atoms with Crippen LogP contribution in [0.4, 0.5) is 0 Å². The van der Waals surface area contributed by atoms with E-state index in [2.05, 4.69) is 105 Å². The zero-order valence-electron chi connectivity index (χ0n) is 29.1. The summed E-state index contributed by atoms with van der Waals surface area (Å²) in [7, 11) is -0.372. The van der Waals surface area contributed by atoms with Crippen molar-refractivity contribution in [3.8, 4) is 5.75 Å². The predicted octanol–water partition coefficient (Wildman–Crippen LogP) is 12.3.